The minimum absolute atomic E-state index is 0.0149. The molecule has 1 atom stereocenters. The van der Waals surface area contributed by atoms with Gasteiger partial charge >= 0.3 is 0 Å². The summed E-state index contributed by atoms with van der Waals surface area (Å²) < 4.78 is 25.1. The molecule has 7 nitrogen and oxygen atoms in total. The van der Waals surface area contributed by atoms with Crippen molar-refractivity contribution in [2.24, 2.45) is 0 Å². The number of rotatable bonds is 4. The van der Waals surface area contributed by atoms with Crippen LogP contribution in [0.4, 0.5) is 0 Å². The van der Waals surface area contributed by atoms with Gasteiger partial charge < -0.3 is 15.2 Å². The summed E-state index contributed by atoms with van der Waals surface area (Å²) in [5.41, 5.74) is 0.649. The van der Waals surface area contributed by atoms with Crippen LogP contribution in [-0.2, 0) is 14.8 Å². The topological polar surface area (TPSA) is 107 Å². The van der Waals surface area contributed by atoms with Crippen molar-refractivity contribution in [3.05, 3.63) is 29.3 Å². The van der Waals surface area contributed by atoms with E-state index in [0.717, 1.165) is 4.31 Å². The van der Waals surface area contributed by atoms with Gasteiger partial charge in [0, 0.05) is 32.0 Å². The lowest BCUT2D eigenvalue weighted by Gasteiger charge is -2.15. The lowest BCUT2D eigenvalue weighted by molar-refractivity contribution is -0.306. The molecule has 8 heteroatoms. The van der Waals surface area contributed by atoms with Crippen molar-refractivity contribution in [3.63, 3.8) is 0 Å². The minimum Gasteiger partial charge on any atom is -0.550 e. The molecule has 1 amide bonds. The smallest absolute Gasteiger partial charge is 0.252 e. The maximum absolute atomic E-state index is 12.0. The van der Waals surface area contributed by atoms with Gasteiger partial charge in [0.1, 0.15) is 0 Å². The van der Waals surface area contributed by atoms with E-state index >= 15 is 0 Å². The van der Waals surface area contributed by atoms with Crippen molar-refractivity contribution in [1.29, 1.82) is 0 Å². The number of carboxylic acids is 1. The molecule has 1 aliphatic rings. The van der Waals surface area contributed by atoms with E-state index < -0.39 is 34.4 Å². The molecule has 0 spiro atoms. The molecule has 0 fully saturated rings. The zero-order valence-corrected chi connectivity index (χ0v) is 11.7. The Morgan fingerprint density at radius 2 is 2.05 bits per heavy atom. The van der Waals surface area contributed by atoms with E-state index in [4.69, 9.17) is 0 Å². The fraction of sp³-hybridized carbons (Fsp3) is 0.333. The molecular weight excluding hydrogens is 284 g/mol. The van der Waals surface area contributed by atoms with Gasteiger partial charge in [0.2, 0.25) is 10.0 Å². The fourth-order valence-electron chi connectivity index (χ4n) is 2.05. The second-order valence-corrected chi connectivity index (χ2v) is 6.79. The van der Waals surface area contributed by atoms with E-state index in [9.17, 15) is 23.1 Å². The van der Waals surface area contributed by atoms with E-state index in [1.807, 2.05) is 0 Å². The van der Waals surface area contributed by atoms with Gasteiger partial charge in [-0.2, -0.15) is 0 Å². The Kier molecular flexibility index (Phi) is 3.53. The van der Waals surface area contributed by atoms with Crippen LogP contribution in [0.15, 0.2) is 23.1 Å². The number of hydrogen-bond acceptors (Lipinski definition) is 5. The van der Waals surface area contributed by atoms with Crippen LogP contribution >= 0.6 is 0 Å². The third-order valence-corrected chi connectivity index (χ3v) is 4.91. The fourth-order valence-corrected chi connectivity index (χ4v) is 2.99. The number of fused-ring (bicyclic) bond motifs is 1. The molecule has 0 saturated carbocycles. The number of nitrogens with zero attached hydrogens (tertiary/aromatic N) is 1. The third-order valence-electron chi connectivity index (χ3n) is 3.10. The third kappa shape index (κ3) is 2.39. The average molecular weight is 297 g/mol. The summed E-state index contributed by atoms with van der Waals surface area (Å²) in [6, 6.07) is 3.28. The highest BCUT2D eigenvalue weighted by Crippen LogP contribution is 2.30. The monoisotopic (exact) mass is 297 g/mol. The van der Waals surface area contributed by atoms with E-state index in [1.54, 1.807) is 0 Å². The standard InChI is InChI=1S/C12H14N2O5S/c1-14(2)20(18,19)7-3-4-8-9(5-7)10(6-11(15)16)13-12(8)17/h3-5,10H,6H2,1-2H3,(H,13,17)(H,15,16)/p-1/t10-/m1/s1. The predicted molar refractivity (Wildman–Crippen MR) is 67.1 cm³/mol. The van der Waals surface area contributed by atoms with Gasteiger partial charge in [-0.3, -0.25) is 4.79 Å². The van der Waals surface area contributed by atoms with Gasteiger partial charge in [-0.1, -0.05) is 0 Å². The highest BCUT2D eigenvalue weighted by molar-refractivity contribution is 7.89. The lowest BCUT2D eigenvalue weighted by atomic mass is 10.0. The van der Waals surface area contributed by atoms with E-state index in [0.29, 0.717) is 5.56 Å². The largest absolute Gasteiger partial charge is 0.550 e. The van der Waals surface area contributed by atoms with Crippen LogP contribution in [0.5, 0.6) is 0 Å². The lowest BCUT2D eigenvalue weighted by Crippen LogP contribution is -2.29. The van der Waals surface area contributed by atoms with Crippen LogP contribution in [-0.4, -0.2) is 38.7 Å². The number of carbonyl (C=O) groups is 2. The number of hydrogen-bond donors (Lipinski definition) is 1. The van der Waals surface area contributed by atoms with Gasteiger partial charge in [0.25, 0.3) is 5.91 Å². The molecule has 0 bridgehead atoms. The number of carbonyl (C=O) groups excluding carboxylic acids is 2. The Labute approximate surface area is 116 Å². The maximum Gasteiger partial charge on any atom is 0.252 e. The Hall–Kier alpha value is -1.93. The normalized spacial score (nSPS) is 17.9. The minimum atomic E-state index is -3.64. The number of aliphatic carboxylic acids is 1. The van der Waals surface area contributed by atoms with E-state index in [1.165, 1.54) is 32.3 Å². The second-order valence-electron chi connectivity index (χ2n) is 4.64. The summed E-state index contributed by atoms with van der Waals surface area (Å²) in [6.07, 6.45) is -0.399. The first-order valence-corrected chi connectivity index (χ1v) is 7.24. The van der Waals surface area contributed by atoms with Gasteiger partial charge in [-0.15, -0.1) is 0 Å². The van der Waals surface area contributed by atoms with Crippen molar-refractivity contribution in [1.82, 2.24) is 9.62 Å². The first-order valence-electron chi connectivity index (χ1n) is 5.80. The van der Waals surface area contributed by atoms with Crippen molar-refractivity contribution in [2.45, 2.75) is 17.4 Å². The Morgan fingerprint density at radius 1 is 1.40 bits per heavy atom. The van der Waals surface area contributed by atoms with Gasteiger partial charge in [0.05, 0.1) is 10.9 Å². The molecule has 1 N–H and O–H groups in total. The van der Waals surface area contributed by atoms with Gasteiger partial charge in [-0.25, -0.2) is 12.7 Å². The molecule has 20 heavy (non-hydrogen) atoms. The first kappa shape index (κ1) is 14.5. The van der Waals surface area contributed by atoms with Crippen LogP contribution in [0.3, 0.4) is 0 Å². The molecule has 0 aromatic heterocycles. The zero-order valence-electron chi connectivity index (χ0n) is 10.9. The van der Waals surface area contributed by atoms with Crippen molar-refractivity contribution in [2.75, 3.05) is 14.1 Å². The Balaban J connectivity index is 2.50. The number of carboxylic acid groups (broad SMARTS) is 1. The zero-order chi connectivity index (χ0) is 15.1. The van der Waals surface area contributed by atoms with Crippen LogP contribution < -0.4 is 10.4 Å². The van der Waals surface area contributed by atoms with Crippen LogP contribution in [0.2, 0.25) is 0 Å². The number of nitrogens with one attached hydrogen (secondary N) is 1. The molecule has 0 unspecified atom stereocenters. The highest BCUT2D eigenvalue weighted by atomic mass is 32.2. The Morgan fingerprint density at radius 3 is 2.60 bits per heavy atom. The van der Waals surface area contributed by atoms with Crippen molar-refractivity contribution >= 4 is 21.9 Å². The molecule has 1 heterocycles. The molecule has 1 aromatic rings. The summed E-state index contributed by atoms with van der Waals surface area (Å²) in [7, 11) is -0.850. The van der Waals surface area contributed by atoms with Crippen molar-refractivity contribution in [3.8, 4) is 0 Å². The summed E-state index contributed by atoms with van der Waals surface area (Å²) in [6.45, 7) is 0. The number of amides is 1. The molecular formula is C12H13N2O5S-. The van der Waals surface area contributed by atoms with Crippen LogP contribution in [0, 0.1) is 0 Å². The quantitative estimate of drug-likeness (QED) is 0.756. The summed E-state index contributed by atoms with van der Waals surface area (Å²) in [4.78, 5) is 22.4. The molecule has 1 aromatic carbocycles. The van der Waals surface area contributed by atoms with Gasteiger partial charge in [0.15, 0.2) is 0 Å². The molecule has 108 valence electrons. The number of benzene rings is 1. The molecule has 2 rings (SSSR count). The van der Waals surface area contributed by atoms with Crippen LogP contribution in [0.1, 0.15) is 28.4 Å². The van der Waals surface area contributed by atoms with Crippen molar-refractivity contribution < 1.29 is 23.1 Å². The average Bonchev–Trinajstić information content (AvgIpc) is 2.65. The summed E-state index contributed by atoms with van der Waals surface area (Å²) in [5, 5.41) is 13.2. The summed E-state index contributed by atoms with van der Waals surface area (Å²) >= 11 is 0. The predicted octanol–water partition coefficient (Wildman–Crippen LogP) is -1.14. The molecule has 0 aliphatic carbocycles. The van der Waals surface area contributed by atoms with Crippen LogP contribution in [0.25, 0.3) is 0 Å². The highest BCUT2D eigenvalue weighted by Gasteiger charge is 2.30. The number of sulfonamides is 1. The maximum atomic E-state index is 12.0. The molecule has 1 aliphatic heterocycles. The summed E-state index contributed by atoms with van der Waals surface area (Å²) in [5.74, 6) is -1.73. The SMILES string of the molecule is CN(C)S(=O)(=O)c1ccc2c(c1)[C@@H](CC(=O)[O-])NC2=O. The molecule has 0 saturated heterocycles. The first-order chi connectivity index (χ1) is 9.23. The van der Waals surface area contributed by atoms with E-state index in [-0.39, 0.29) is 10.5 Å². The second kappa shape index (κ2) is 4.88. The van der Waals surface area contributed by atoms with Gasteiger partial charge in [-0.05, 0) is 23.8 Å². The Bertz CT molecular complexity index is 679. The molecule has 0 radical (unpaired) electrons. The van der Waals surface area contributed by atoms with E-state index in [2.05, 4.69) is 5.32 Å².